The Labute approximate surface area is 163 Å². The number of fused-ring (bicyclic) bond motifs is 10. The second-order valence-corrected chi connectivity index (χ2v) is 7.93. The van der Waals surface area contributed by atoms with Crippen molar-refractivity contribution in [2.45, 2.75) is 32.2 Å². The third-order valence-corrected chi connectivity index (χ3v) is 6.49. The standard InChI is InChI=1S/C25H21NO2/c27-13-5-12-26-20-9-4-3-8-17(20)23-18-10-11-21(28)24(18)22-16-7-2-1-6-15(16)14-19(22)25(23)26/h1-4,6-9,27H,5,10-14H2. The smallest absolute Gasteiger partial charge is 0.164 e. The summed E-state index contributed by atoms with van der Waals surface area (Å²) in [5.41, 5.74) is 9.68. The molecule has 3 nitrogen and oxygen atoms in total. The molecule has 0 bridgehead atoms. The minimum atomic E-state index is 0.180. The molecule has 0 saturated heterocycles. The number of carbonyl (C=O) groups is 1. The van der Waals surface area contributed by atoms with Gasteiger partial charge >= 0.3 is 0 Å². The molecule has 0 radical (unpaired) electrons. The van der Waals surface area contributed by atoms with Gasteiger partial charge in [0.1, 0.15) is 0 Å². The zero-order valence-corrected chi connectivity index (χ0v) is 15.7. The highest BCUT2D eigenvalue weighted by molar-refractivity contribution is 6.20. The van der Waals surface area contributed by atoms with Crippen molar-refractivity contribution < 1.29 is 9.90 Å². The summed E-state index contributed by atoms with van der Waals surface area (Å²) in [5, 5.41) is 12.0. The van der Waals surface area contributed by atoms with Gasteiger partial charge in [-0.2, -0.15) is 0 Å². The van der Waals surface area contributed by atoms with Crippen LogP contribution in [0.5, 0.6) is 0 Å². The second-order valence-electron chi connectivity index (χ2n) is 7.93. The average molecular weight is 367 g/mol. The van der Waals surface area contributed by atoms with E-state index in [-0.39, 0.29) is 12.4 Å². The largest absolute Gasteiger partial charge is 0.396 e. The normalized spacial score (nSPS) is 14.7. The van der Waals surface area contributed by atoms with Gasteiger partial charge in [0, 0.05) is 47.8 Å². The van der Waals surface area contributed by atoms with Crippen LogP contribution < -0.4 is 0 Å². The molecule has 0 unspecified atom stereocenters. The lowest BCUT2D eigenvalue weighted by atomic mass is 9.92. The molecule has 3 aromatic carbocycles. The number of hydrogen-bond donors (Lipinski definition) is 1. The molecule has 3 heteroatoms. The van der Waals surface area contributed by atoms with Gasteiger partial charge in [0.2, 0.25) is 0 Å². The fourth-order valence-electron chi connectivity index (χ4n) is 5.43. The zero-order valence-electron chi connectivity index (χ0n) is 15.7. The maximum atomic E-state index is 13.0. The Morgan fingerprint density at radius 2 is 1.75 bits per heavy atom. The molecule has 4 aromatic rings. The fraction of sp³-hybridized carbons (Fsp3) is 0.240. The Kier molecular flexibility index (Phi) is 3.33. The number of rotatable bonds is 3. The third-order valence-electron chi connectivity index (χ3n) is 6.49. The van der Waals surface area contributed by atoms with E-state index in [0.29, 0.717) is 6.42 Å². The van der Waals surface area contributed by atoms with Crippen LogP contribution in [0.15, 0.2) is 48.5 Å². The van der Waals surface area contributed by atoms with Crippen LogP contribution in [0.3, 0.4) is 0 Å². The first-order valence-electron chi connectivity index (χ1n) is 10.1. The van der Waals surface area contributed by atoms with Crippen molar-refractivity contribution in [1.82, 2.24) is 4.57 Å². The summed E-state index contributed by atoms with van der Waals surface area (Å²) < 4.78 is 2.38. The number of para-hydroxylation sites is 1. The highest BCUT2D eigenvalue weighted by Gasteiger charge is 2.35. The Balaban J connectivity index is 1.83. The van der Waals surface area contributed by atoms with E-state index in [2.05, 4.69) is 53.1 Å². The Morgan fingerprint density at radius 1 is 0.929 bits per heavy atom. The second kappa shape index (κ2) is 5.79. The summed E-state index contributed by atoms with van der Waals surface area (Å²) in [4.78, 5) is 13.0. The van der Waals surface area contributed by atoms with Crippen molar-refractivity contribution >= 4 is 27.6 Å². The maximum Gasteiger partial charge on any atom is 0.164 e. The van der Waals surface area contributed by atoms with E-state index in [1.165, 1.54) is 49.6 Å². The molecule has 0 amide bonds. The lowest BCUT2D eigenvalue weighted by molar-refractivity contribution is 0.0995. The van der Waals surface area contributed by atoms with Gasteiger partial charge in [-0.3, -0.25) is 4.79 Å². The maximum absolute atomic E-state index is 13.0. The predicted octanol–water partition coefficient (Wildman–Crippen LogP) is 4.88. The first-order valence-corrected chi connectivity index (χ1v) is 10.1. The van der Waals surface area contributed by atoms with Crippen LogP contribution in [0, 0.1) is 0 Å². The molecule has 0 saturated carbocycles. The van der Waals surface area contributed by atoms with Crippen LogP contribution in [-0.2, 0) is 19.4 Å². The lowest BCUT2D eigenvalue weighted by Crippen LogP contribution is -2.04. The molecule has 0 atom stereocenters. The van der Waals surface area contributed by atoms with Crippen molar-refractivity contribution in [2.75, 3.05) is 6.61 Å². The van der Waals surface area contributed by atoms with Crippen LogP contribution >= 0.6 is 0 Å². The molecule has 0 fully saturated rings. The van der Waals surface area contributed by atoms with Gasteiger partial charge in [0.05, 0.1) is 5.52 Å². The molecule has 2 aliphatic carbocycles. The van der Waals surface area contributed by atoms with Gasteiger partial charge in [-0.05, 0) is 46.7 Å². The number of aryl methyl sites for hydroxylation is 2. The molecule has 2 aliphatic rings. The van der Waals surface area contributed by atoms with E-state index >= 15 is 0 Å². The molecule has 0 aliphatic heterocycles. The van der Waals surface area contributed by atoms with E-state index in [9.17, 15) is 9.90 Å². The Hall–Kier alpha value is -2.91. The number of Topliss-reactive ketones (excluding diaryl/α,β-unsaturated/α-hetero) is 1. The van der Waals surface area contributed by atoms with Gasteiger partial charge in [0.25, 0.3) is 0 Å². The summed E-state index contributed by atoms with van der Waals surface area (Å²) in [6.45, 7) is 0.968. The molecular formula is C25H21NO2. The average Bonchev–Trinajstić information content (AvgIpc) is 3.38. The highest BCUT2D eigenvalue weighted by atomic mass is 16.3. The molecule has 0 spiro atoms. The van der Waals surface area contributed by atoms with Gasteiger partial charge in [0.15, 0.2) is 5.78 Å². The molecule has 1 N–H and O–H groups in total. The van der Waals surface area contributed by atoms with Gasteiger partial charge in [-0.15, -0.1) is 0 Å². The van der Waals surface area contributed by atoms with Gasteiger partial charge in [-0.1, -0.05) is 42.5 Å². The highest BCUT2D eigenvalue weighted by Crippen LogP contribution is 2.49. The number of aliphatic hydroxyl groups excluding tert-OH is 1. The van der Waals surface area contributed by atoms with Crippen LogP contribution in [-0.4, -0.2) is 22.1 Å². The SMILES string of the molecule is O=C1CCc2c1c1c(c3c2c2ccccc2n3CCCO)Cc2ccccc2-1. The monoisotopic (exact) mass is 367 g/mol. The molecule has 1 aromatic heterocycles. The van der Waals surface area contributed by atoms with Crippen molar-refractivity contribution in [2.24, 2.45) is 0 Å². The van der Waals surface area contributed by atoms with Crippen LogP contribution in [0.25, 0.3) is 32.9 Å². The lowest BCUT2D eigenvalue weighted by Gasteiger charge is -2.14. The summed E-state index contributed by atoms with van der Waals surface area (Å²) in [5.74, 6) is 0.289. The molecular weight excluding hydrogens is 346 g/mol. The van der Waals surface area contributed by atoms with E-state index in [1.54, 1.807) is 0 Å². The van der Waals surface area contributed by atoms with Crippen molar-refractivity contribution in [3.8, 4) is 11.1 Å². The quantitative estimate of drug-likeness (QED) is 0.494. The minimum Gasteiger partial charge on any atom is -0.396 e. The van der Waals surface area contributed by atoms with Crippen LogP contribution in [0.1, 0.15) is 39.9 Å². The van der Waals surface area contributed by atoms with Crippen molar-refractivity contribution in [1.29, 1.82) is 0 Å². The number of nitrogens with zero attached hydrogens (tertiary/aromatic N) is 1. The van der Waals surface area contributed by atoms with Gasteiger partial charge < -0.3 is 9.67 Å². The van der Waals surface area contributed by atoms with E-state index < -0.39 is 0 Å². The van der Waals surface area contributed by atoms with Crippen LogP contribution in [0.2, 0.25) is 0 Å². The first kappa shape index (κ1) is 16.1. The summed E-state index contributed by atoms with van der Waals surface area (Å²) in [6, 6.07) is 17.0. The fourth-order valence-corrected chi connectivity index (χ4v) is 5.43. The number of aromatic nitrogens is 1. The van der Waals surface area contributed by atoms with Crippen molar-refractivity contribution in [3.63, 3.8) is 0 Å². The number of benzene rings is 3. The van der Waals surface area contributed by atoms with E-state index in [0.717, 1.165) is 31.4 Å². The van der Waals surface area contributed by atoms with Crippen LogP contribution in [0.4, 0.5) is 0 Å². The summed E-state index contributed by atoms with van der Waals surface area (Å²) in [6.07, 6.45) is 3.04. The summed E-state index contributed by atoms with van der Waals surface area (Å²) >= 11 is 0. The van der Waals surface area contributed by atoms with E-state index in [4.69, 9.17) is 0 Å². The topological polar surface area (TPSA) is 42.2 Å². The molecule has 6 rings (SSSR count). The number of ketones is 1. The summed E-state index contributed by atoms with van der Waals surface area (Å²) in [7, 11) is 0. The Morgan fingerprint density at radius 3 is 2.64 bits per heavy atom. The number of carbonyl (C=O) groups excluding carboxylic acids is 1. The van der Waals surface area contributed by atoms with Crippen molar-refractivity contribution in [3.05, 3.63) is 70.8 Å². The Bertz CT molecular complexity index is 1300. The molecule has 28 heavy (non-hydrogen) atoms. The van der Waals surface area contributed by atoms with E-state index in [1.807, 2.05) is 0 Å². The number of aliphatic hydroxyl groups is 1. The third kappa shape index (κ3) is 1.95. The van der Waals surface area contributed by atoms with Gasteiger partial charge in [-0.25, -0.2) is 0 Å². The predicted molar refractivity (Wildman–Crippen MR) is 112 cm³/mol. The minimum absolute atomic E-state index is 0.180. The molecule has 138 valence electrons. The zero-order chi connectivity index (χ0) is 18.8. The molecule has 1 heterocycles. The number of hydrogen-bond acceptors (Lipinski definition) is 2. The first-order chi connectivity index (χ1) is 13.8.